The monoisotopic (exact) mass is 499 g/mol. The normalized spacial score (nSPS) is 14.9. The van der Waals surface area contributed by atoms with E-state index < -0.39 is 17.3 Å². The zero-order valence-electron chi connectivity index (χ0n) is 19.3. The number of ketones is 1. The third kappa shape index (κ3) is 4.82. The van der Waals surface area contributed by atoms with Gasteiger partial charge in [-0.05, 0) is 17.7 Å². The summed E-state index contributed by atoms with van der Waals surface area (Å²) in [5.74, 6) is -1.69. The van der Waals surface area contributed by atoms with Crippen molar-refractivity contribution in [3.05, 3.63) is 93.3 Å². The number of aromatic amines is 1. The van der Waals surface area contributed by atoms with Gasteiger partial charge in [0.1, 0.15) is 11.5 Å². The largest absolute Gasteiger partial charge is 0.338 e. The highest BCUT2D eigenvalue weighted by atomic mass is 35.5. The second-order valence-electron chi connectivity index (χ2n) is 8.51. The summed E-state index contributed by atoms with van der Waals surface area (Å²) in [5.41, 5.74) is 1.15. The maximum absolute atomic E-state index is 13.3. The number of hydrogen-bond acceptors (Lipinski definition) is 8. The predicted molar refractivity (Wildman–Crippen MR) is 136 cm³/mol. The van der Waals surface area contributed by atoms with Crippen LogP contribution in [0.25, 0.3) is 10.9 Å². The number of H-pyrrole nitrogens is 1. The van der Waals surface area contributed by atoms with Gasteiger partial charge in [-0.3, -0.25) is 14.5 Å². The molecule has 1 saturated heterocycles. The van der Waals surface area contributed by atoms with E-state index in [0.717, 1.165) is 19.6 Å². The van der Waals surface area contributed by atoms with E-state index in [0.29, 0.717) is 29.9 Å². The summed E-state index contributed by atoms with van der Waals surface area (Å²) in [6.07, 6.45) is 1.37. The van der Waals surface area contributed by atoms with E-state index in [1.54, 1.807) is 24.3 Å². The predicted octanol–water partition coefficient (Wildman–Crippen LogP) is 3.18. The Balaban J connectivity index is 1.35. The number of rotatable bonds is 6. The fourth-order valence-corrected chi connectivity index (χ4v) is 4.44. The van der Waals surface area contributed by atoms with Crippen LogP contribution in [0.5, 0.6) is 0 Å². The minimum atomic E-state index is -1.37. The van der Waals surface area contributed by atoms with Gasteiger partial charge in [0.15, 0.2) is 5.92 Å². The molecule has 10 heteroatoms. The van der Waals surface area contributed by atoms with E-state index in [1.807, 2.05) is 29.2 Å². The Labute approximate surface area is 212 Å². The highest BCUT2D eigenvalue weighted by molar-refractivity contribution is 6.33. The second-order valence-corrected chi connectivity index (χ2v) is 8.92. The highest BCUT2D eigenvalue weighted by Crippen LogP contribution is 2.24. The Morgan fingerprint density at radius 3 is 2.53 bits per heavy atom. The average Bonchev–Trinajstić information content (AvgIpc) is 2.90. The number of carbonyl (C=O) groups excluding carboxylic acids is 1. The average molecular weight is 500 g/mol. The number of hydrogen-bond donors (Lipinski definition) is 1. The van der Waals surface area contributed by atoms with Crippen molar-refractivity contribution in [1.82, 2.24) is 24.8 Å². The van der Waals surface area contributed by atoms with Gasteiger partial charge in [-0.15, -0.1) is 0 Å². The lowest BCUT2D eigenvalue weighted by atomic mass is 10.0. The van der Waals surface area contributed by atoms with Gasteiger partial charge in [0, 0.05) is 32.7 Å². The summed E-state index contributed by atoms with van der Waals surface area (Å²) in [5, 5.41) is 10.2. The lowest BCUT2D eigenvalue weighted by Crippen LogP contribution is -2.46. The number of anilines is 1. The number of aromatic nitrogens is 4. The van der Waals surface area contributed by atoms with Crippen molar-refractivity contribution >= 4 is 34.2 Å². The molecule has 2 aromatic heterocycles. The van der Waals surface area contributed by atoms with Crippen molar-refractivity contribution in [2.75, 3.05) is 31.1 Å². The molecule has 0 unspecified atom stereocenters. The molecule has 9 nitrogen and oxygen atoms in total. The van der Waals surface area contributed by atoms with Gasteiger partial charge >= 0.3 is 0 Å². The van der Waals surface area contributed by atoms with Gasteiger partial charge < -0.3 is 9.88 Å². The Morgan fingerprint density at radius 2 is 1.78 bits per heavy atom. The molecule has 1 aliphatic heterocycles. The van der Waals surface area contributed by atoms with E-state index in [9.17, 15) is 14.9 Å². The van der Waals surface area contributed by atoms with Crippen molar-refractivity contribution in [3.63, 3.8) is 0 Å². The zero-order valence-corrected chi connectivity index (χ0v) is 20.0. The maximum Gasteiger partial charge on any atom is 0.258 e. The minimum absolute atomic E-state index is 0.0369. The standard InChI is InChI=1S/C26H22ClN7O2/c27-20-15-29-26(34-12-10-33(11-13-34)16-17-6-2-1-3-7-17)31-22(20)23(35)19(14-28)24-30-21-9-5-4-8-18(21)25(36)32-24/h1-9,15,19H,10-13,16H2,(H,30,32,36)/t19-/m1/s1. The summed E-state index contributed by atoms with van der Waals surface area (Å²) in [6, 6.07) is 18.9. The molecule has 1 atom stereocenters. The number of nitriles is 1. The number of piperazine rings is 1. The molecule has 0 saturated carbocycles. The molecule has 3 heterocycles. The Bertz CT molecular complexity index is 1510. The van der Waals surface area contributed by atoms with Crippen molar-refractivity contribution in [2.24, 2.45) is 0 Å². The molecule has 0 aliphatic carbocycles. The van der Waals surface area contributed by atoms with Crippen LogP contribution in [0.1, 0.15) is 27.8 Å². The fourth-order valence-electron chi connectivity index (χ4n) is 4.25. The van der Waals surface area contributed by atoms with E-state index >= 15 is 0 Å². The van der Waals surface area contributed by atoms with Crippen molar-refractivity contribution < 1.29 is 4.79 Å². The van der Waals surface area contributed by atoms with Crippen LogP contribution in [0.15, 0.2) is 65.6 Å². The molecular formula is C26H22ClN7O2. The third-order valence-corrected chi connectivity index (χ3v) is 6.44. The molecule has 0 spiro atoms. The van der Waals surface area contributed by atoms with E-state index in [2.05, 4.69) is 37.0 Å². The van der Waals surface area contributed by atoms with Gasteiger partial charge in [0.05, 0.1) is 28.2 Å². The summed E-state index contributed by atoms with van der Waals surface area (Å²) < 4.78 is 0. The molecule has 4 aromatic rings. The van der Waals surface area contributed by atoms with Gasteiger partial charge in [-0.25, -0.2) is 15.0 Å². The molecule has 0 bridgehead atoms. The van der Waals surface area contributed by atoms with Crippen molar-refractivity contribution in [3.8, 4) is 6.07 Å². The molecule has 1 aliphatic rings. The number of halogens is 1. The minimum Gasteiger partial charge on any atom is -0.338 e. The lowest BCUT2D eigenvalue weighted by Gasteiger charge is -2.34. The Hall–Kier alpha value is -4.13. The first-order valence-electron chi connectivity index (χ1n) is 11.5. The van der Waals surface area contributed by atoms with Crippen LogP contribution in [-0.2, 0) is 6.54 Å². The van der Waals surface area contributed by atoms with Crippen molar-refractivity contribution in [1.29, 1.82) is 5.26 Å². The van der Waals surface area contributed by atoms with Gasteiger partial charge in [-0.1, -0.05) is 54.1 Å². The SMILES string of the molecule is N#C[C@H](C(=O)c1nc(N2CCN(Cc3ccccc3)CC2)ncc1Cl)c1nc2ccccc2c(=O)[nH]1. The first kappa shape index (κ1) is 23.6. The third-order valence-electron chi connectivity index (χ3n) is 6.16. The number of nitrogens with zero attached hydrogens (tertiary/aromatic N) is 6. The van der Waals surface area contributed by atoms with Crippen LogP contribution in [-0.4, -0.2) is 56.8 Å². The molecule has 1 N–H and O–H groups in total. The molecule has 2 aromatic carbocycles. The van der Waals surface area contributed by atoms with E-state index in [-0.39, 0.29) is 16.5 Å². The summed E-state index contributed by atoms with van der Waals surface area (Å²) in [7, 11) is 0. The van der Waals surface area contributed by atoms with E-state index in [4.69, 9.17) is 11.6 Å². The van der Waals surface area contributed by atoms with Gasteiger partial charge in [-0.2, -0.15) is 5.26 Å². The molecule has 5 rings (SSSR count). The van der Waals surface area contributed by atoms with Crippen LogP contribution in [0.4, 0.5) is 5.95 Å². The summed E-state index contributed by atoms with van der Waals surface area (Å²) >= 11 is 6.28. The number of nitrogens with one attached hydrogen (secondary N) is 1. The highest BCUT2D eigenvalue weighted by Gasteiger charge is 2.29. The van der Waals surface area contributed by atoms with Crippen molar-refractivity contribution in [2.45, 2.75) is 12.5 Å². The smallest absolute Gasteiger partial charge is 0.258 e. The molecule has 0 radical (unpaired) electrons. The molecule has 180 valence electrons. The maximum atomic E-state index is 13.3. The van der Waals surface area contributed by atoms with Crippen LogP contribution < -0.4 is 10.5 Å². The quantitative estimate of drug-likeness (QED) is 0.402. The Kier molecular flexibility index (Phi) is 6.71. The molecule has 1 fully saturated rings. The number of carbonyl (C=O) groups is 1. The number of para-hydroxylation sites is 1. The van der Waals surface area contributed by atoms with Crippen LogP contribution in [0.3, 0.4) is 0 Å². The number of fused-ring (bicyclic) bond motifs is 1. The lowest BCUT2D eigenvalue weighted by molar-refractivity contribution is 0.0971. The Morgan fingerprint density at radius 1 is 1.06 bits per heavy atom. The topological polar surface area (TPSA) is 119 Å². The summed E-state index contributed by atoms with van der Waals surface area (Å²) in [4.78, 5) is 45.8. The molecule has 0 amide bonds. The zero-order chi connectivity index (χ0) is 25.1. The first-order valence-corrected chi connectivity index (χ1v) is 11.9. The van der Waals surface area contributed by atoms with Crippen LogP contribution >= 0.6 is 11.6 Å². The molecule has 36 heavy (non-hydrogen) atoms. The summed E-state index contributed by atoms with van der Waals surface area (Å²) in [6.45, 7) is 3.85. The first-order chi connectivity index (χ1) is 17.5. The van der Waals surface area contributed by atoms with Gasteiger partial charge in [0.25, 0.3) is 5.56 Å². The van der Waals surface area contributed by atoms with Crippen LogP contribution in [0.2, 0.25) is 5.02 Å². The fraction of sp³-hybridized carbons (Fsp3) is 0.231. The number of benzene rings is 2. The van der Waals surface area contributed by atoms with E-state index in [1.165, 1.54) is 11.8 Å². The number of Topliss-reactive ketones (excluding diaryl/α,β-unsaturated/α-hetero) is 1. The molecular weight excluding hydrogens is 478 g/mol. The van der Waals surface area contributed by atoms with Gasteiger partial charge in [0.2, 0.25) is 11.7 Å². The van der Waals surface area contributed by atoms with Crippen LogP contribution in [0, 0.1) is 11.3 Å². The second kappa shape index (κ2) is 10.2.